The van der Waals surface area contributed by atoms with Crippen LogP contribution in [0.1, 0.15) is 56.9 Å². The van der Waals surface area contributed by atoms with E-state index in [1.165, 1.54) is 27.8 Å². The van der Waals surface area contributed by atoms with E-state index in [0.717, 1.165) is 51.9 Å². The van der Waals surface area contributed by atoms with Gasteiger partial charge in [-0.25, -0.2) is 9.87 Å². The summed E-state index contributed by atoms with van der Waals surface area (Å²) in [4.78, 5) is 14.0. The van der Waals surface area contributed by atoms with Gasteiger partial charge in [-0.3, -0.25) is 14.9 Å². The van der Waals surface area contributed by atoms with E-state index in [0.29, 0.717) is 17.5 Å². The normalized spacial score (nSPS) is 19.3. The molecule has 2 aliphatic rings. The lowest BCUT2D eigenvalue weighted by Gasteiger charge is -2.29. The molecule has 2 atom stereocenters. The van der Waals surface area contributed by atoms with Crippen LogP contribution >= 0.6 is 0 Å². The molecular formula is C29H32FN3O2. The number of amides is 1. The predicted octanol–water partition coefficient (Wildman–Crippen LogP) is 4.58. The fourth-order valence-electron chi connectivity index (χ4n) is 5.11. The monoisotopic (exact) mass is 473 g/mol. The fraction of sp³-hybridized carbons (Fsp3) is 0.345. The zero-order valence-electron chi connectivity index (χ0n) is 19.8. The molecule has 0 radical (unpaired) electrons. The molecule has 3 aromatic rings. The van der Waals surface area contributed by atoms with Crippen LogP contribution in [0.5, 0.6) is 0 Å². The summed E-state index contributed by atoms with van der Waals surface area (Å²) < 4.78 is 13.2. The zero-order chi connectivity index (χ0) is 24.2. The van der Waals surface area contributed by atoms with Crippen LogP contribution in [0.4, 0.5) is 4.39 Å². The average Bonchev–Trinajstić information content (AvgIpc) is 3.67. The van der Waals surface area contributed by atoms with E-state index in [4.69, 9.17) is 5.21 Å². The molecule has 3 N–H and O–H groups in total. The number of carbonyl (C=O) groups is 1. The van der Waals surface area contributed by atoms with Crippen molar-refractivity contribution in [3.63, 3.8) is 0 Å². The zero-order valence-corrected chi connectivity index (χ0v) is 19.8. The molecule has 1 saturated carbocycles. The lowest BCUT2D eigenvalue weighted by molar-refractivity contribution is 0.0706. The number of benzene rings is 3. The molecule has 1 aliphatic carbocycles. The van der Waals surface area contributed by atoms with Crippen molar-refractivity contribution in [2.45, 2.75) is 50.7 Å². The molecule has 5 nitrogen and oxygen atoms in total. The number of fused-ring (bicyclic) bond motifs is 1. The third-order valence-electron chi connectivity index (χ3n) is 7.28. The molecular weight excluding hydrogens is 441 g/mol. The summed E-state index contributed by atoms with van der Waals surface area (Å²) in [5.74, 6) is -0.167. The van der Waals surface area contributed by atoms with E-state index in [-0.39, 0.29) is 5.82 Å². The van der Waals surface area contributed by atoms with Crippen LogP contribution in [0.15, 0.2) is 66.7 Å². The Labute approximate surface area is 205 Å². The van der Waals surface area contributed by atoms with Gasteiger partial charge in [-0.15, -0.1) is 0 Å². The van der Waals surface area contributed by atoms with Crippen molar-refractivity contribution in [1.82, 2.24) is 15.7 Å². The molecule has 1 heterocycles. The van der Waals surface area contributed by atoms with Crippen LogP contribution in [0, 0.1) is 5.82 Å². The highest BCUT2D eigenvalue weighted by Crippen LogP contribution is 2.41. The quantitative estimate of drug-likeness (QED) is 0.314. The van der Waals surface area contributed by atoms with Crippen LogP contribution < -0.4 is 10.8 Å². The molecule has 182 valence electrons. The number of halogens is 1. The van der Waals surface area contributed by atoms with Crippen molar-refractivity contribution < 1.29 is 14.4 Å². The van der Waals surface area contributed by atoms with Gasteiger partial charge in [0, 0.05) is 37.2 Å². The maximum atomic E-state index is 13.2. The van der Waals surface area contributed by atoms with E-state index in [1.54, 1.807) is 29.7 Å². The Kier molecular flexibility index (Phi) is 7.23. The van der Waals surface area contributed by atoms with Gasteiger partial charge in [0.2, 0.25) is 0 Å². The third kappa shape index (κ3) is 5.96. The van der Waals surface area contributed by atoms with Crippen LogP contribution in [-0.4, -0.2) is 35.1 Å². The topological polar surface area (TPSA) is 64.6 Å². The van der Waals surface area contributed by atoms with E-state index >= 15 is 0 Å². The summed E-state index contributed by atoms with van der Waals surface area (Å²) in [5, 5.41) is 12.4. The van der Waals surface area contributed by atoms with Gasteiger partial charge in [0.25, 0.3) is 5.91 Å². The first kappa shape index (κ1) is 23.7. The van der Waals surface area contributed by atoms with Crippen LogP contribution in [0.25, 0.3) is 0 Å². The van der Waals surface area contributed by atoms with Gasteiger partial charge in [0.05, 0.1) is 0 Å². The predicted molar refractivity (Wildman–Crippen MR) is 134 cm³/mol. The summed E-state index contributed by atoms with van der Waals surface area (Å²) in [6.45, 7) is 3.98. The summed E-state index contributed by atoms with van der Waals surface area (Å²) in [7, 11) is 0. The number of nitrogens with one attached hydrogen (secondary N) is 2. The maximum Gasteiger partial charge on any atom is 0.274 e. The lowest BCUT2D eigenvalue weighted by Crippen LogP contribution is -2.31. The van der Waals surface area contributed by atoms with Crippen LogP contribution in [0.3, 0.4) is 0 Å². The Morgan fingerprint density at radius 1 is 1.00 bits per heavy atom. The molecule has 1 fully saturated rings. The van der Waals surface area contributed by atoms with Gasteiger partial charge in [0.15, 0.2) is 0 Å². The number of rotatable bonds is 9. The number of hydrogen-bond acceptors (Lipinski definition) is 4. The van der Waals surface area contributed by atoms with Crippen molar-refractivity contribution in [2.24, 2.45) is 0 Å². The first-order valence-corrected chi connectivity index (χ1v) is 12.4. The van der Waals surface area contributed by atoms with Gasteiger partial charge < -0.3 is 5.32 Å². The summed E-state index contributed by atoms with van der Waals surface area (Å²) >= 11 is 0. The number of aryl methyl sites for hydroxylation is 1. The molecule has 6 heteroatoms. The van der Waals surface area contributed by atoms with Crippen molar-refractivity contribution in [2.75, 3.05) is 13.1 Å². The summed E-state index contributed by atoms with van der Waals surface area (Å²) in [6.07, 6.45) is 4.23. The van der Waals surface area contributed by atoms with Gasteiger partial charge in [0.1, 0.15) is 5.82 Å². The van der Waals surface area contributed by atoms with Crippen molar-refractivity contribution in [1.29, 1.82) is 0 Å². The molecule has 0 spiro atoms. The van der Waals surface area contributed by atoms with Crippen molar-refractivity contribution >= 4 is 5.91 Å². The van der Waals surface area contributed by atoms with Gasteiger partial charge in [-0.2, -0.15) is 0 Å². The minimum absolute atomic E-state index is 0.176. The summed E-state index contributed by atoms with van der Waals surface area (Å²) in [6, 6.07) is 21.7. The number of hydrogen-bond donors (Lipinski definition) is 3. The van der Waals surface area contributed by atoms with Gasteiger partial charge >= 0.3 is 0 Å². The Morgan fingerprint density at radius 2 is 1.77 bits per heavy atom. The molecule has 0 aromatic heterocycles. The Morgan fingerprint density at radius 3 is 2.54 bits per heavy atom. The highest BCUT2D eigenvalue weighted by Gasteiger charge is 2.37. The highest BCUT2D eigenvalue weighted by molar-refractivity contribution is 5.93. The second-order valence-electron chi connectivity index (χ2n) is 9.75. The molecule has 2 unspecified atom stereocenters. The maximum absolute atomic E-state index is 13.2. The largest absolute Gasteiger partial charge is 0.309 e. The van der Waals surface area contributed by atoms with Crippen LogP contribution in [0.2, 0.25) is 0 Å². The van der Waals surface area contributed by atoms with Gasteiger partial charge in [-0.1, -0.05) is 42.5 Å². The van der Waals surface area contributed by atoms with E-state index < -0.39 is 5.91 Å². The van der Waals surface area contributed by atoms with E-state index in [1.807, 2.05) is 24.3 Å². The van der Waals surface area contributed by atoms with E-state index in [2.05, 4.69) is 28.4 Å². The third-order valence-corrected chi connectivity index (χ3v) is 7.28. The highest BCUT2D eigenvalue weighted by atomic mass is 19.1. The molecule has 1 amide bonds. The smallest absolute Gasteiger partial charge is 0.274 e. The van der Waals surface area contributed by atoms with Gasteiger partial charge in [-0.05, 0) is 84.3 Å². The minimum atomic E-state index is -0.483. The SMILES string of the molecule is O=C(NO)c1ccc(CCCN2CCc3ccc(CNC4CC4c4ccc(F)cc4)cc3C2)cc1. The standard InChI is InChI=1S/C29H32FN3O2/c30-26-11-9-23(10-12-26)27-17-28(27)31-18-21-5-6-22-13-15-33(19-25(22)16-21)14-1-2-20-3-7-24(8-4-20)29(34)32-35/h3-12,16,27-28,31,35H,1-2,13-15,17-19H2,(H,32,34). The minimum Gasteiger partial charge on any atom is -0.309 e. The fourth-order valence-corrected chi connectivity index (χ4v) is 5.11. The Hall–Kier alpha value is -3.06. The van der Waals surface area contributed by atoms with Crippen LogP contribution in [-0.2, 0) is 25.9 Å². The molecule has 0 bridgehead atoms. The van der Waals surface area contributed by atoms with Crippen molar-refractivity contribution in [3.8, 4) is 0 Å². The first-order chi connectivity index (χ1) is 17.1. The lowest BCUT2D eigenvalue weighted by atomic mass is 9.97. The molecule has 35 heavy (non-hydrogen) atoms. The molecule has 3 aromatic carbocycles. The Balaban J connectivity index is 1.08. The van der Waals surface area contributed by atoms with Crippen molar-refractivity contribution in [3.05, 3.63) is 106 Å². The Bertz CT molecular complexity index is 1160. The summed E-state index contributed by atoms with van der Waals surface area (Å²) in [5.41, 5.74) is 8.75. The molecule has 0 saturated heterocycles. The number of hydroxylamine groups is 1. The number of carbonyl (C=O) groups excluding carboxylic acids is 1. The van der Waals surface area contributed by atoms with E-state index in [9.17, 15) is 9.18 Å². The molecule has 1 aliphatic heterocycles. The first-order valence-electron chi connectivity index (χ1n) is 12.4. The second kappa shape index (κ2) is 10.7. The number of nitrogens with zero attached hydrogens (tertiary/aromatic N) is 1. The second-order valence-corrected chi connectivity index (χ2v) is 9.75. The molecule has 5 rings (SSSR count). The average molecular weight is 474 g/mol.